The van der Waals surface area contributed by atoms with Crippen LogP contribution in [0.2, 0.25) is 0 Å². The molecule has 0 spiro atoms. The van der Waals surface area contributed by atoms with Crippen molar-refractivity contribution in [2.75, 3.05) is 38.3 Å². The van der Waals surface area contributed by atoms with Gasteiger partial charge in [0.2, 0.25) is 0 Å². The van der Waals surface area contributed by atoms with Gasteiger partial charge in [0.1, 0.15) is 17.9 Å². The van der Waals surface area contributed by atoms with E-state index in [1.54, 1.807) is 31.4 Å². The van der Waals surface area contributed by atoms with Crippen molar-refractivity contribution in [3.8, 4) is 17.0 Å². The smallest absolute Gasteiger partial charge is 0.269 e. The van der Waals surface area contributed by atoms with Gasteiger partial charge in [0, 0.05) is 42.3 Å². The molecule has 6 rings (SSSR count). The predicted octanol–water partition coefficient (Wildman–Crippen LogP) is 4.46. The van der Waals surface area contributed by atoms with Gasteiger partial charge < -0.3 is 18.9 Å². The molecule has 4 heterocycles. The average molecular weight is 532 g/mol. The lowest BCUT2D eigenvalue weighted by atomic mass is 10.1. The van der Waals surface area contributed by atoms with Gasteiger partial charge >= 0.3 is 0 Å². The lowest BCUT2D eigenvalue weighted by molar-refractivity contribution is 0.122. The fourth-order valence-electron chi connectivity index (χ4n) is 5.12. The third kappa shape index (κ3) is 3.91. The van der Waals surface area contributed by atoms with Crippen LogP contribution in [0.25, 0.3) is 33.2 Å². The molecule has 0 saturated carbocycles. The Kier molecular flexibility index (Phi) is 6.08. The van der Waals surface area contributed by atoms with Crippen LogP contribution in [-0.4, -0.2) is 60.3 Å². The first-order valence-electron chi connectivity index (χ1n) is 12.6. The van der Waals surface area contributed by atoms with Crippen molar-refractivity contribution in [2.45, 2.75) is 25.3 Å². The summed E-state index contributed by atoms with van der Waals surface area (Å²) in [5.74, 6) is 1.40. The van der Waals surface area contributed by atoms with Crippen LogP contribution in [-0.2, 0) is 21.3 Å². The molecular formula is C28H29N5O4S. The zero-order valence-electron chi connectivity index (χ0n) is 21.6. The molecule has 0 atom stereocenters. The summed E-state index contributed by atoms with van der Waals surface area (Å²) in [6.07, 6.45) is 3.44. The summed E-state index contributed by atoms with van der Waals surface area (Å²) in [7, 11) is -2.38. The number of aromatic nitrogens is 4. The Hall–Kier alpha value is -3.89. The number of fused-ring (bicyclic) bond motifs is 2. The van der Waals surface area contributed by atoms with Gasteiger partial charge in [-0.25, -0.2) is 22.4 Å². The normalized spacial score (nSPS) is 14.4. The second kappa shape index (κ2) is 9.45. The number of nitrogens with zero attached hydrogens (tertiary/aromatic N) is 5. The number of hydrogen-bond acceptors (Lipinski definition) is 7. The van der Waals surface area contributed by atoms with Crippen molar-refractivity contribution in [3.63, 3.8) is 0 Å². The van der Waals surface area contributed by atoms with Crippen LogP contribution in [0.5, 0.6) is 5.75 Å². The quantitative estimate of drug-likeness (QED) is 0.319. The highest BCUT2D eigenvalue weighted by Gasteiger charge is 2.29. The van der Waals surface area contributed by atoms with Gasteiger partial charge in [-0.3, -0.25) is 0 Å². The van der Waals surface area contributed by atoms with Crippen LogP contribution in [0, 0.1) is 6.92 Å². The molecule has 1 aliphatic rings. The number of morpholine rings is 1. The summed E-state index contributed by atoms with van der Waals surface area (Å²) in [6, 6.07) is 14.7. The van der Waals surface area contributed by atoms with Crippen LogP contribution in [0.4, 0.5) is 5.82 Å². The first-order chi connectivity index (χ1) is 18.4. The average Bonchev–Trinajstić information content (AvgIpc) is 3.52. The molecule has 38 heavy (non-hydrogen) atoms. The SMILES string of the molecule is CCn1cc(-c2cc3c(N4CCOCC4)ncnc3n2S(=O)(=O)c2ccc(C)cc2)c2cc(OC)ccc21. The van der Waals surface area contributed by atoms with Gasteiger partial charge in [-0.1, -0.05) is 17.7 Å². The van der Waals surface area contributed by atoms with E-state index in [0.29, 0.717) is 54.6 Å². The summed E-state index contributed by atoms with van der Waals surface area (Å²) in [4.78, 5) is 11.4. The van der Waals surface area contributed by atoms with E-state index in [2.05, 4.69) is 26.4 Å². The molecule has 9 nitrogen and oxygen atoms in total. The molecule has 2 aromatic carbocycles. The molecule has 10 heteroatoms. The second-order valence-electron chi connectivity index (χ2n) is 9.36. The van der Waals surface area contributed by atoms with E-state index < -0.39 is 10.0 Å². The summed E-state index contributed by atoms with van der Waals surface area (Å²) >= 11 is 0. The van der Waals surface area contributed by atoms with Crippen molar-refractivity contribution in [1.29, 1.82) is 0 Å². The van der Waals surface area contributed by atoms with E-state index in [9.17, 15) is 8.42 Å². The van der Waals surface area contributed by atoms with Crippen LogP contribution < -0.4 is 9.64 Å². The highest BCUT2D eigenvalue weighted by molar-refractivity contribution is 7.90. The zero-order chi connectivity index (χ0) is 26.4. The van der Waals surface area contributed by atoms with E-state index in [0.717, 1.165) is 28.6 Å². The zero-order valence-corrected chi connectivity index (χ0v) is 22.4. The maximum Gasteiger partial charge on any atom is 0.269 e. The number of rotatable bonds is 6. The Morgan fingerprint density at radius 1 is 1.00 bits per heavy atom. The minimum Gasteiger partial charge on any atom is -0.497 e. The monoisotopic (exact) mass is 531 g/mol. The first kappa shape index (κ1) is 24.4. The molecule has 1 fully saturated rings. The molecule has 0 aliphatic carbocycles. The standard InChI is InChI=1S/C28H29N5O4S/c1-4-31-17-24(22-15-20(36-3)7-10-25(22)31)26-16-23-27(32-11-13-37-14-12-32)29-18-30-28(23)33(26)38(34,35)21-8-5-19(2)6-9-21/h5-10,15-18H,4,11-14H2,1-3H3. The molecule has 1 aliphatic heterocycles. The lowest BCUT2D eigenvalue weighted by Gasteiger charge is -2.28. The molecule has 1 saturated heterocycles. The van der Waals surface area contributed by atoms with E-state index >= 15 is 0 Å². The summed E-state index contributed by atoms with van der Waals surface area (Å²) < 4.78 is 43.1. The van der Waals surface area contributed by atoms with Crippen molar-refractivity contribution < 1.29 is 17.9 Å². The number of ether oxygens (including phenoxy) is 2. The Balaban J connectivity index is 1.69. The fourth-order valence-corrected chi connectivity index (χ4v) is 6.59. The maximum atomic E-state index is 14.3. The van der Waals surface area contributed by atoms with Crippen molar-refractivity contribution >= 4 is 37.8 Å². The summed E-state index contributed by atoms with van der Waals surface area (Å²) in [5.41, 5.74) is 3.63. The second-order valence-corrected chi connectivity index (χ2v) is 11.1. The molecule has 5 aromatic rings. The van der Waals surface area contributed by atoms with Gasteiger partial charge in [0.05, 0.1) is 36.3 Å². The van der Waals surface area contributed by atoms with Gasteiger partial charge in [0.25, 0.3) is 10.0 Å². The summed E-state index contributed by atoms with van der Waals surface area (Å²) in [6.45, 7) is 7.24. The highest BCUT2D eigenvalue weighted by Crippen LogP contribution is 2.39. The Morgan fingerprint density at radius 3 is 2.47 bits per heavy atom. The van der Waals surface area contributed by atoms with Gasteiger partial charge in [0.15, 0.2) is 5.65 Å². The topological polar surface area (TPSA) is 91.5 Å². The molecule has 0 unspecified atom stereocenters. The van der Waals surface area contributed by atoms with E-state index in [1.807, 2.05) is 37.4 Å². The molecule has 0 amide bonds. The van der Waals surface area contributed by atoms with Crippen LogP contribution >= 0.6 is 0 Å². The van der Waals surface area contributed by atoms with Crippen LogP contribution in [0.15, 0.2) is 66.0 Å². The van der Waals surface area contributed by atoms with Gasteiger partial charge in [-0.05, 0) is 50.2 Å². The first-order valence-corrected chi connectivity index (χ1v) is 14.0. The molecule has 0 radical (unpaired) electrons. The number of benzene rings is 2. The number of hydrogen-bond donors (Lipinski definition) is 0. The Morgan fingerprint density at radius 2 is 1.76 bits per heavy atom. The largest absolute Gasteiger partial charge is 0.497 e. The molecule has 0 bridgehead atoms. The van der Waals surface area contributed by atoms with Crippen LogP contribution in [0.3, 0.4) is 0 Å². The van der Waals surface area contributed by atoms with Crippen molar-refractivity contribution in [1.82, 2.24) is 18.5 Å². The van der Waals surface area contributed by atoms with E-state index in [-0.39, 0.29) is 4.90 Å². The number of methoxy groups -OCH3 is 1. The lowest BCUT2D eigenvalue weighted by Crippen LogP contribution is -2.36. The number of aryl methyl sites for hydroxylation is 2. The van der Waals surface area contributed by atoms with Gasteiger partial charge in [-0.15, -0.1) is 0 Å². The fraction of sp³-hybridized carbons (Fsp3) is 0.286. The van der Waals surface area contributed by atoms with Gasteiger partial charge in [-0.2, -0.15) is 0 Å². The highest BCUT2D eigenvalue weighted by atomic mass is 32.2. The van der Waals surface area contributed by atoms with E-state index in [1.165, 1.54) is 10.3 Å². The minimum absolute atomic E-state index is 0.199. The molecule has 0 N–H and O–H groups in total. The molecule has 3 aromatic heterocycles. The molecule has 196 valence electrons. The predicted molar refractivity (Wildman–Crippen MR) is 147 cm³/mol. The van der Waals surface area contributed by atoms with Crippen LogP contribution in [0.1, 0.15) is 12.5 Å². The third-order valence-electron chi connectivity index (χ3n) is 7.11. The van der Waals surface area contributed by atoms with Crippen molar-refractivity contribution in [2.24, 2.45) is 0 Å². The maximum absolute atomic E-state index is 14.3. The molecular weight excluding hydrogens is 502 g/mol. The minimum atomic E-state index is -4.00. The Bertz CT molecular complexity index is 1750. The third-order valence-corrected chi connectivity index (χ3v) is 8.83. The number of anilines is 1. The van der Waals surface area contributed by atoms with Crippen molar-refractivity contribution in [3.05, 3.63) is 66.6 Å². The Labute approximate surface area is 221 Å². The summed E-state index contributed by atoms with van der Waals surface area (Å²) in [5, 5.41) is 1.58. The van der Waals surface area contributed by atoms with E-state index in [4.69, 9.17) is 9.47 Å².